The van der Waals surface area contributed by atoms with Crippen LogP contribution in [0.25, 0.3) is 0 Å². The molecule has 0 aromatic heterocycles. The van der Waals surface area contributed by atoms with E-state index in [-0.39, 0.29) is 5.91 Å². The Kier molecular flexibility index (Phi) is 4.78. The molecule has 1 unspecified atom stereocenters. The lowest BCUT2D eigenvalue weighted by molar-refractivity contribution is 0.0787. The van der Waals surface area contributed by atoms with Gasteiger partial charge in [0, 0.05) is 18.1 Å². The molecule has 1 saturated heterocycles. The first-order valence-electron chi connectivity index (χ1n) is 6.39. The van der Waals surface area contributed by atoms with E-state index in [1.54, 1.807) is 0 Å². The first-order valence-corrected chi connectivity index (χ1v) is 7.18. The second-order valence-corrected chi connectivity index (χ2v) is 5.71. The van der Waals surface area contributed by atoms with Crippen molar-refractivity contribution < 1.29 is 4.79 Å². The number of halogens is 1. The van der Waals surface area contributed by atoms with Crippen LogP contribution in [0.1, 0.15) is 23.2 Å². The maximum Gasteiger partial charge on any atom is 0.254 e. The van der Waals surface area contributed by atoms with Crippen LogP contribution in [0.2, 0.25) is 0 Å². The second-order valence-electron chi connectivity index (χ2n) is 4.85. The lowest BCUT2D eigenvalue weighted by Crippen LogP contribution is -2.29. The number of rotatable bonds is 4. The minimum Gasteiger partial charge on any atom is -0.342 e. The molecule has 1 aliphatic rings. The molecule has 0 bridgehead atoms. The second kappa shape index (κ2) is 6.34. The van der Waals surface area contributed by atoms with Crippen LogP contribution >= 0.6 is 15.9 Å². The van der Waals surface area contributed by atoms with Crippen LogP contribution in [-0.2, 0) is 0 Å². The first kappa shape index (κ1) is 13.6. The largest absolute Gasteiger partial charge is 0.342 e. The molecule has 0 spiro atoms. The molecule has 3 nitrogen and oxygen atoms in total. The Morgan fingerprint density at radius 1 is 1.50 bits per heavy atom. The number of hydrogen-bond acceptors (Lipinski definition) is 2. The lowest BCUT2D eigenvalue weighted by Gasteiger charge is -2.19. The van der Waals surface area contributed by atoms with Crippen LogP contribution in [0.3, 0.4) is 0 Å². The Morgan fingerprint density at radius 2 is 2.28 bits per heavy atom. The molecule has 1 N–H and O–H groups in total. The van der Waals surface area contributed by atoms with Crippen molar-refractivity contribution in [3.05, 3.63) is 34.3 Å². The fraction of sp³-hybridized carbons (Fsp3) is 0.500. The van der Waals surface area contributed by atoms with Gasteiger partial charge in [0.05, 0.1) is 5.56 Å². The van der Waals surface area contributed by atoms with Crippen molar-refractivity contribution in [3.8, 4) is 0 Å². The monoisotopic (exact) mass is 310 g/mol. The topological polar surface area (TPSA) is 32.3 Å². The summed E-state index contributed by atoms with van der Waals surface area (Å²) in [6, 6.07) is 7.58. The molecule has 1 aromatic carbocycles. The van der Waals surface area contributed by atoms with Crippen LogP contribution in [0, 0.1) is 5.92 Å². The summed E-state index contributed by atoms with van der Waals surface area (Å²) < 4.78 is 0.865. The Balaban J connectivity index is 1.90. The van der Waals surface area contributed by atoms with Crippen LogP contribution in [0.5, 0.6) is 0 Å². The minimum absolute atomic E-state index is 0.0911. The van der Waals surface area contributed by atoms with Crippen molar-refractivity contribution in [2.75, 3.05) is 26.7 Å². The lowest BCUT2D eigenvalue weighted by atomic mass is 10.0. The van der Waals surface area contributed by atoms with Crippen LogP contribution in [-0.4, -0.2) is 37.5 Å². The van der Waals surface area contributed by atoms with E-state index in [2.05, 4.69) is 21.2 Å². The van der Waals surface area contributed by atoms with E-state index < -0.39 is 0 Å². The van der Waals surface area contributed by atoms with Crippen molar-refractivity contribution in [2.24, 2.45) is 5.92 Å². The minimum atomic E-state index is 0.0911. The summed E-state index contributed by atoms with van der Waals surface area (Å²) in [6.45, 7) is 3.04. The van der Waals surface area contributed by atoms with E-state index in [1.807, 2.05) is 36.2 Å². The van der Waals surface area contributed by atoms with E-state index in [9.17, 15) is 4.79 Å². The van der Waals surface area contributed by atoms with Crippen molar-refractivity contribution in [1.29, 1.82) is 0 Å². The third-order valence-corrected chi connectivity index (χ3v) is 4.18. The molecular formula is C14H19BrN2O. The molecular weight excluding hydrogens is 292 g/mol. The van der Waals surface area contributed by atoms with Crippen molar-refractivity contribution in [3.63, 3.8) is 0 Å². The van der Waals surface area contributed by atoms with Crippen LogP contribution in [0.4, 0.5) is 0 Å². The molecule has 2 rings (SSSR count). The van der Waals surface area contributed by atoms with Crippen molar-refractivity contribution >= 4 is 21.8 Å². The average molecular weight is 311 g/mol. The molecule has 1 amide bonds. The molecule has 98 valence electrons. The van der Waals surface area contributed by atoms with Gasteiger partial charge >= 0.3 is 0 Å². The number of carbonyl (C=O) groups is 1. The number of nitrogens with zero attached hydrogens (tertiary/aromatic N) is 1. The fourth-order valence-corrected chi connectivity index (χ4v) is 2.73. The van der Waals surface area contributed by atoms with Crippen LogP contribution < -0.4 is 5.32 Å². The third-order valence-electron chi connectivity index (χ3n) is 3.49. The predicted octanol–water partition coefficient (Wildman–Crippen LogP) is 2.52. The molecule has 4 heteroatoms. The van der Waals surface area contributed by atoms with Gasteiger partial charge in [-0.1, -0.05) is 12.1 Å². The highest BCUT2D eigenvalue weighted by Gasteiger charge is 2.18. The molecule has 0 radical (unpaired) electrons. The van der Waals surface area contributed by atoms with E-state index >= 15 is 0 Å². The zero-order valence-corrected chi connectivity index (χ0v) is 12.2. The Hall–Kier alpha value is -0.870. The summed E-state index contributed by atoms with van der Waals surface area (Å²) in [6.07, 6.45) is 2.32. The molecule has 1 heterocycles. The normalized spacial score (nSPS) is 18.9. The van der Waals surface area contributed by atoms with Gasteiger partial charge in [0.25, 0.3) is 5.91 Å². The fourth-order valence-electron chi connectivity index (χ4n) is 2.28. The molecule has 1 aliphatic heterocycles. The number of amides is 1. The molecule has 18 heavy (non-hydrogen) atoms. The number of hydrogen-bond donors (Lipinski definition) is 1. The Labute approximate surface area is 117 Å². The predicted molar refractivity (Wildman–Crippen MR) is 76.7 cm³/mol. The average Bonchev–Trinajstić information content (AvgIpc) is 2.89. The summed E-state index contributed by atoms with van der Waals surface area (Å²) >= 11 is 3.43. The van der Waals surface area contributed by atoms with Gasteiger partial charge in [-0.25, -0.2) is 0 Å². The van der Waals surface area contributed by atoms with Gasteiger partial charge in [-0.15, -0.1) is 0 Å². The number of carbonyl (C=O) groups excluding carboxylic acids is 1. The van der Waals surface area contributed by atoms with Gasteiger partial charge in [-0.3, -0.25) is 4.79 Å². The third kappa shape index (κ3) is 3.33. The highest BCUT2D eigenvalue weighted by atomic mass is 79.9. The zero-order valence-electron chi connectivity index (χ0n) is 10.7. The van der Waals surface area contributed by atoms with E-state index in [1.165, 1.54) is 6.42 Å². The van der Waals surface area contributed by atoms with Gasteiger partial charge < -0.3 is 10.2 Å². The highest BCUT2D eigenvalue weighted by molar-refractivity contribution is 9.10. The maximum atomic E-state index is 12.3. The summed E-state index contributed by atoms with van der Waals surface area (Å²) in [5.74, 6) is 0.813. The van der Waals surface area contributed by atoms with Crippen molar-refractivity contribution in [1.82, 2.24) is 10.2 Å². The van der Waals surface area contributed by atoms with Gasteiger partial charge in [0.1, 0.15) is 0 Å². The summed E-state index contributed by atoms with van der Waals surface area (Å²) in [7, 11) is 1.88. The van der Waals surface area contributed by atoms with Gasteiger partial charge in [-0.2, -0.15) is 0 Å². The van der Waals surface area contributed by atoms with E-state index in [0.29, 0.717) is 0 Å². The number of nitrogens with one attached hydrogen (secondary N) is 1. The Bertz CT molecular complexity index is 416. The smallest absolute Gasteiger partial charge is 0.254 e. The maximum absolute atomic E-state index is 12.3. The van der Waals surface area contributed by atoms with Gasteiger partial charge in [0.15, 0.2) is 0 Å². The molecule has 1 aromatic rings. The first-order chi connectivity index (χ1) is 8.68. The van der Waals surface area contributed by atoms with Crippen molar-refractivity contribution in [2.45, 2.75) is 12.8 Å². The number of benzene rings is 1. The Morgan fingerprint density at radius 3 is 2.94 bits per heavy atom. The molecule has 1 atom stereocenters. The summed E-state index contributed by atoms with van der Waals surface area (Å²) in [4.78, 5) is 14.1. The molecule has 0 aliphatic carbocycles. The standard InChI is InChI=1S/C14H19BrN2O/c1-17(9-7-11-6-8-16-10-11)14(18)12-4-2-3-5-13(12)15/h2-5,11,16H,6-10H2,1H3. The summed E-state index contributed by atoms with van der Waals surface area (Å²) in [5, 5.41) is 3.36. The van der Waals surface area contributed by atoms with E-state index in [4.69, 9.17) is 0 Å². The molecule has 1 fully saturated rings. The summed E-state index contributed by atoms with van der Waals surface area (Å²) in [5.41, 5.74) is 0.740. The highest BCUT2D eigenvalue weighted by Crippen LogP contribution is 2.18. The molecule has 0 saturated carbocycles. The van der Waals surface area contributed by atoms with Gasteiger partial charge in [0.2, 0.25) is 0 Å². The quantitative estimate of drug-likeness (QED) is 0.927. The van der Waals surface area contributed by atoms with Crippen LogP contribution in [0.15, 0.2) is 28.7 Å². The van der Waals surface area contributed by atoms with Gasteiger partial charge in [-0.05, 0) is 59.9 Å². The zero-order chi connectivity index (χ0) is 13.0. The van der Waals surface area contributed by atoms with E-state index in [0.717, 1.165) is 42.0 Å². The SMILES string of the molecule is CN(CCC1CCNC1)C(=O)c1ccccc1Br.